The van der Waals surface area contributed by atoms with E-state index in [1.165, 1.54) is 38.6 Å². The maximum atomic E-state index is 7.89. The van der Waals surface area contributed by atoms with E-state index >= 15 is 0 Å². The highest BCUT2D eigenvalue weighted by molar-refractivity contribution is 5.92. The van der Waals surface area contributed by atoms with E-state index in [0.29, 0.717) is 5.56 Å². The van der Waals surface area contributed by atoms with E-state index in [1.54, 1.807) is 6.20 Å². The number of aryl methyl sites for hydroxylation is 4. The van der Waals surface area contributed by atoms with E-state index < -0.39 is 6.85 Å². The summed E-state index contributed by atoms with van der Waals surface area (Å²) in [6, 6.07) is 20.1. The van der Waals surface area contributed by atoms with E-state index in [9.17, 15) is 0 Å². The average Bonchev–Trinajstić information content (AvgIpc) is 2.77. The zero-order valence-corrected chi connectivity index (χ0v) is 20.2. The second kappa shape index (κ2) is 6.78. The highest BCUT2D eigenvalue weighted by Crippen LogP contribution is 2.55. The lowest BCUT2D eigenvalue weighted by Crippen LogP contribution is -2.43. The molecule has 5 rings (SSSR count). The maximum Gasteiger partial charge on any atom is 0.212 e. The predicted octanol–water partition coefficient (Wildman–Crippen LogP) is 7.49. The van der Waals surface area contributed by atoms with Crippen molar-refractivity contribution in [3.63, 3.8) is 0 Å². The molecule has 162 valence electrons. The van der Waals surface area contributed by atoms with E-state index in [1.807, 2.05) is 24.6 Å². The molecule has 1 aromatic heterocycles. The molecular formula is C31H34N+. The van der Waals surface area contributed by atoms with E-state index in [2.05, 4.69) is 83.1 Å². The molecule has 0 saturated heterocycles. The zero-order valence-electron chi connectivity index (χ0n) is 23.2. The summed E-state index contributed by atoms with van der Waals surface area (Å²) in [6.07, 6.45) is 1.77. The topological polar surface area (TPSA) is 3.88 Å². The lowest BCUT2D eigenvalue weighted by atomic mass is 9.55. The first-order valence-electron chi connectivity index (χ1n) is 12.9. The maximum absolute atomic E-state index is 7.89. The number of rotatable bonds is 1. The zero-order chi connectivity index (χ0) is 25.5. The Kier molecular flexibility index (Phi) is 3.73. The van der Waals surface area contributed by atoms with Gasteiger partial charge < -0.3 is 0 Å². The van der Waals surface area contributed by atoms with Crippen molar-refractivity contribution < 1.29 is 8.68 Å². The molecule has 1 aliphatic carbocycles. The Bertz CT molecular complexity index is 1510. The third kappa shape index (κ3) is 2.80. The van der Waals surface area contributed by atoms with Crippen LogP contribution in [0.3, 0.4) is 0 Å². The minimum atomic E-state index is -2.12. The Labute approximate surface area is 197 Å². The van der Waals surface area contributed by atoms with Gasteiger partial charge in [-0.25, -0.2) is 4.57 Å². The van der Waals surface area contributed by atoms with E-state index in [-0.39, 0.29) is 10.8 Å². The van der Waals surface area contributed by atoms with E-state index in [4.69, 9.17) is 4.11 Å². The molecule has 0 spiro atoms. The Morgan fingerprint density at radius 3 is 1.94 bits per heavy atom. The standard InChI is InChI=1S/C31H34N/c1-19-14-29(32(8)18-21(19)3)24-17-28-25(13-20(24)2)26-15-22-11-9-10-12-23(22)16-27(26)30(4,5)31(28,6)7/h9-18H,1-8H3/q+1/i3D3. The van der Waals surface area contributed by atoms with Crippen molar-refractivity contribution in [1.82, 2.24) is 0 Å². The Morgan fingerprint density at radius 1 is 0.688 bits per heavy atom. The molecule has 0 unspecified atom stereocenters. The number of aromatic nitrogens is 1. The second-order valence-electron chi connectivity index (χ2n) is 10.6. The van der Waals surface area contributed by atoms with Gasteiger partial charge >= 0.3 is 0 Å². The third-order valence-corrected chi connectivity index (χ3v) is 8.21. The number of fused-ring (bicyclic) bond motifs is 4. The van der Waals surface area contributed by atoms with Crippen LogP contribution in [0.2, 0.25) is 0 Å². The molecule has 1 heterocycles. The van der Waals surface area contributed by atoms with Gasteiger partial charge in [0.25, 0.3) is 0 Å². The first kappa shape index (κ1) is 17.6. The first-order chi connectivity index (χ1) is 16.2. The predicted molar refractivity (Wildman–Crippen MR) is 136 cm³/mol. The van der Waals surface area contributed by atoms with Gasteiger partial charge in [0.1, 0.15) is 7.05 Å². The number of hydrogen-bond acceptors (Lipinski definition) is 0. The van der Waals surface area contributed by atoms with Crippen LogP contribution in [0.15, 0.2) is 60.8 Å². The van der Waals surface area contributed by atoms with Gasteiger partial charge in [-0.05, 0) is 93.9 Å². The van der Waals surface area contributed by atoms with Gasteiger partial charge in [-0.3, -0.25) is 0 Å². The molecule has 0 fully saturated rings. The van der Waals surface area contributed by atoms with Crippen molar-refractivity contribution in [3.8, 4) is 22.4 Å². The molecule has 32 heavy (non-hydrogen) atoms. The smallest absolute Gasteiger partial charge is 0.201 e. The van der Waals surface area contributed by atoms with Crippen molar-refractivity contribution in [3.05, 3.63) is 88.6 Å². The van der Waals surface area contributed by atoms with Crippen LogP contribution in [-0.2, 0) is 17.9 Å². The summed E-state index contributed by atoms with van der Waals surface area (Å²) in [5.41, 5.74) is 9.75. The van der Waals surface area contributed by atoms with Crippen LogP contribution in [0.1, 0.15) is 59.6 Å². The fourth-order valence-corrected chi connectivity index (χ4v) is 5.39. The lowest BCUT2D eigenvalue weighted by molar-refractivity contribution is -0.660. The van der Waals surface area contributed by atoms with Crippen LogP contribution in [0, 0.1) is 20.7 Å². The number of nitrogens with zero attached hydrogens (tertiary/aromatic N) is 1. The van der Waals surface area contributed by atoms with Gasteiger partial charge in [0, 0.05) is 21.3 Å². The molecule has 0 saturated carbocycles. The minimum Gasteiger partial charge on any atom is -0.201 e. The highest BCUT2D eigenvalue weighted by atomic mass is 14.9. The van der Waals surface area contributed by atoms with Gasteiger partial charge in [0.2, 0.25) is 5.69 Å². The Morgan fingerprint density at radius 2 is 1.28 bits per heavy atom. The summed E-state index contributed by atoms with van der Waals surface area (Å²) in [5.74, 6) is 0. The number of benzene rings is 3. The number of hydrogen-bond donors (Lipinski definition) is 0. The van der Waals surface area contributed by atoms with Gasteiger partial charge in [0.05, 0.1) is 0 Å². The monoisotopic (exact) mass is 423 g/mol. The molecular weight excluding hydrogens is 386 g/mol. The SMILES string of the molecule is [2H]C([2H])([2H])c1c[n+](C)c(-c2cc3c(cc2C)-c2cc4ccccc4cc2C(C)(C)C3(C)C)cc1C. The molecule has 0 radical (unpaired) electrons. The van der Waals surface area contributed by atoms with Crippen molar-refractivity contribution in [2.24, 2.45) is 7.05 Å². The molecule has 4 aromatic rings. The molecule has 3 aromatic carbocycles. The molecule has 0 aliphatic heterocycles. The first-order valence-corrected chi connectivity index (χ1v) is 11.4. The molecule has 0 N–H and O–H groups in total. The summed E-state index contributed by atoms with van der Waals surface area (Å²) >= 11 is 0. The van der Waals surface area contributed by atoms with Crippen LogP contribution in [0.25, 0.3) is 33.2 Å². The third-order valence-electron chi connectivity index (χ3n) is 8.21. The van der Waals surface area contributed by atoms with Gasteiger partial charge in [-0.15, -0.1) is 0 Å². The molecule has 0 atom stereocenters. The Balaban J connectivity index is 1.80. The summed E-state index contributed by atoms with van der Waals surface area (Å²) in [5, 5.41) is 2.54. The van der Waals surface area contributed by atoms with Crippen LogP contribution in [-0.4, -0.2) is 0 Å². The molecule has 1 aliphatic rings. The molecule has 0 bridgehead atoms. The van der Waals surface area contributed by atoms with E-state index in [0.717, 1.165) is 16.8 Å². The largest absolute Gasteiger partial charge is 0.212 e. The summed E-state index contributed by atoms with van der Waals surface area (Å²) in [7, 11) is 1.94. The van der Waals surface area contributed by atoms with Crippen molar-refractivity contribution in [2.45, 2.75) is 59.2 Å². The van der Waals surface area contributed by atoms with Crippen LogP contribution in [0.5, 0.6) is 0 Å². The Hall–Kier alpha value is -2.93. The summed E-state index contributed by atoms with van der Waals surface area (Å²) in [6.45, 7) is 11.4. The highest BCUT2D eigenvalue weighted by Gasteiger charge is 2.46. The quantitative estimate of drug-likeness (QED) is 0.279. The average molecular weight is 424 g/mol. The van der Waals surface area contributed by atoms with Gasteiger partial charge in [0.15, 0.2) is 6.20 Å². The lowest BCUT2D eigenvalue weighted by Gasteiger charge is -2.48. The summed E-state index contributed by atoms with van der Waals surface area (Å²) < 4.78 is 25.6. The summed E-state index contributed by atoms with van der Waals surface area (Å²) in [4.78, 5) is 0. The normalized spacial score (nSPS) is 17.8. The van der Waals surface area contributed by atoms with Crippen molar-refractivity contribution in [2.75, 3.05) is 0 Å². The van der Waals surface area contributed by atoms with Crippen LogP contribution in [0.4, 0.5) is 0 Å². The van der Waals surface area contributed by atoms with Gasteiger partial charge in [-0.2, -0.15) is 0 Å². The van der Waals surface area contributed by atoms with Crippen LogP contribution >= 0.6 is 0 Å². The van der Waals surface area contributed by atoms with Crippen LogP contribution < -0.4 is 4.57 Å². The van der Waals surface area contributed by atoms with Crippen molar-refractivity contribution in [1.29, 1.82) is 0 Å². The second-order valence-corrected chi connectivity index (χ2v) is 10.6. The molecule has 1 heteroatoms. The molecule has 0 amide bonds. The molecule has 1 nitrogen and oxygen atoms in total. The fraction of sp³-hybridized carbons (Fsp3) is 0.323. The minimum absolute atomic E-state index is 0.0743. The van der Waals surface area contributed by atoms with Gasteiger partial charge in [-0.1, -0.05) is 58.0 Å². The van der Waals surface area contributed by atoms with Crippen molar-refractivity contribution >= 4 is 10.8 Å². The fourth-order valence-electron chi connectivity index (χ4n) is 5.39. The number of pyridine rings is 1.